The molecule has 1 heterocycles. The highest BCUT2D eigenvalue weighted by Crippen LogP contribution is 2.11. The fourth-order valence-electron chi connectivity index (χ4n) is 1.25. The Morgan fingerprint density at radius 1 is 1.00 bits per heavy atom. The normalized spacial score (nSPS) is 10.5. The van der Waals surface area contributed by atoms with Crippen molar-refractivity contribution in [3.05, 3.63) is 0 Å². The SMILES string of the molecule is CCCNc1nc(NCCC)nc(N(C)NC)n1.O=S(=O)(O)O. The maximum absolute atomic E-state index is 8.74. The average molecular weight is 351 g/mol. The zero-order valence-corrected chi connectivity index (χ0v) is 14.6. The third kappa shape index (κ3) is 11.5. The summed E-state index contributed by atoms with van der Waals surface area (Å²) in [5.74, 6) is 1.79. The predicted molar refractivity (Wildman–Crippen MR) is 89.0 cm³/mol. The van der Waals surface area contributed by atoms with E-state index in [-0.39, 0.29) is 0 Å². The quantitative estimate of drug-likeness (QED) is 0.327. The minimum absolute atomic E-state index is 0.588. The second-order valence-electron chi connectivity index (χ2n) is 4.37. The van der Waals surface area contributed by atoms with Gasteiger partial charge in [-0.25, -0.2) is 5.43 Å². The molecule has 0 amide bonds. The standard InChI is InChI=1S/C11H23N7.H2O4S/c1-5-7-13-9-15-10(14-8-6-2)17-11(16-9)18(4)12-3;1-5(2,3)4/h12H,5-8H2,1-4H3,(H2,13,14,15,16,17);(H2,1,2,3,4). The van der Waals surface area contributed by atoms with Gasteiger partial charge in [0.15, 0.2) is 0 Å². The molecule has 0 aromatic carbocycles. The van der Waals surface area contributed by atoms with E-state index >= 15 is 0 Å². The van der Waals surface area contributed by atoms with Gasteiger partial charge in [-0.1, -0.05) is 13.8 Å². The van der Waals surface area contributed by atoms with E-state index in [9.17, 15) is 0 Å². The summed E-state index contributed by atoms with van der Waals surface area (Å²) in [6, 6.07) is 0. The van der Waals surface area contributed by atoms with Crippen LogP contribution in [0.25, 0.3) is 0 Å². The molecular formula is C11H25N7O4S. The zero-order valence-electron chi connectivity index (χ0n) is 13.7. The van der Waals surface area contributed by atoms with E-state index in [4.69, 9.17) is 17.5 Å². The van der Waals surface area contributed by atoms with Gasteiger partial charge in [-0.05, 0) is 12.8 Å². The minimum atomic E-state index is -4.67. The Hall–Kier alpha value is -1.76. The van der Waals surface area contributed by atoms with E-state index < -0.39 is 10.4 Å². The number of hydrazine groups is 1. The van der Waals surface area contributed by atoms with Gasteiger partial charge in [0.2, 0.25) is 17.8 Å². The summed E-state index contributed by atoms with van der Waals surface area (Å²) in [6.07, 6.45) is 2.06. The number of nitrogens with zero attached hydrogens (tertiary/aromatic N) is 4. The molecule has 0 unspecified atom stereocenters. The molecule has 0 spiro atoms. The maximum Gasteiger partial charge on any atom is 0.394 e. The first kappa shape index (κ1) is 21.2. The lowest BCUT2D eigenvalue weighted by atomic mass is 10.5. The van der Waals surface area contributed by atoms with E-state index in [0.29, 0.717) is 17.8 Å². The van der Waals surface area contributed by atoms with E-state index in [0.717, 1.165) is 25.9 Å². The van der Waals surface area contributed by atoms with E-state index in [2.05, 4.69) is 44.9 Å². The Morgan fingerprint density at radius 2 is 1.39 bits per heavy atom. The van der Waals surface area contributed by atoms with Crippen LogP contribution in [-0.4, -0.2) is 59.7 Å². The smallest absolute Gasteiger partial charge is 0.354 e. The Balaban J connectivity index is 0.000000841. The van der Waals surface area contributed by atoms with Crippen molar-refractivity contribution in [1.29, 1.82) is 0 Å². The van der Waals surface area contributed by atoms with Crippen molar-refractivity contribution in [3.8, 4) is 0 Å². The fourth-order valence-corrected chi connectivity index (χ4v) is 1.25. The lowest BCUT2D eigenvalue weighted by Crippen LogP contribution is -2.32. The van der Waals surface area contributed by atoms with Crippen LogP contribution in [0.4, 0.5) is 17.8 Å². The molecule has 11 nitrogen and oxygen atoms in total. The molecule has 12 heteroatoms. The molecule has 5 N–H and O–H groups in total. The lowest BCUT2D eigenvalue weighted by Gasteiger charge is -2.17. The summed E-state index contributed by atoms with van der Waals surface area (Å²) in [6.45, 7) is 5.90. The van der Waals surface area contributed by atoms with Gasteiger partial charge in [-0.15, -0.1) is 0 Å². The lowest BCUT2D eigenvalue weighted by molar-refractivity contribution is 0.381. The number of aromatic nitrogens is 3. The molecule has 0 atom stereocenters. The van der Waals surface area contributed by atoms with Crippen molar-refractivity contribution in [1.82, 2.24) is 20.4 Å². The monoisotopic (exact) mass is 351 g/mol. The van der Waals surface area contributed by atoms with Gasteiger partial charge in [0, 0.05) is 27.2 Å². The fraction of sp³-hybridized carbons (Fsp3) is 0.727. The van der Waals surface area contributed by atoms with Gasteiger partial charge < -0.3 is 10.6 Å². The zero-order chi connectivity index (χ0) is 17.9. The van der Waals surface area contributed by atoms with Crippen LogP contribution in [0.15, 0.2) is 0 Å². The van der Waals surface area contributed by atoms with E-state index in [1.807, 2.05) is 14.1 Å². The summed E-state index contributed by atoms with van der Waals surface area (Å²) in [7, 11) is -0.982. The maximum atomic E-state index is 8.74. The average Bonchev–Trinajstić information content (AvgIpc) is 2.48. The number of hydrogen-bond acceptors (Lipinski definition) is 9. The molecule has 1 aromatic heterocycles. The summed E-state index contributed by atoms with van der Waals surface area (Å²) in [4.78, 5) is 13.0. The van der Waals surface area contributed by atoms with Gasteiger partial charge >= 0.3 is 10.4 Å². The second kappa shape index (κ2) is 10.9. The van der Waals surface area contributed by atoms with Gasteiger partial charge in [-0.2, -0.15) is 23.4 Å². The molecule has 0 saturated heterocycles. The van der Waals surface area contributed by atoms with Gasteiger partial charge in [0.05, 0.1) is 0 Å². The second-order valence-corrected chi connectivity index (χ2v) is 5.26. The van der Waals surface area contributed by atoms with Gasteiger partial charge in [0.25, 0.3) is 0 Å². The molecule has 0 bridgehead atoms. The summed E-state index contributed by atoms with van der Waals surface area (Å²) in [5, 5.41) is 8.09. The van der Waals surface area contributed by atoms with Crippen molar-refractivity contribution in [3.63, 3.8) is 0 Å². The van der Waals surface area contributed by atoms with Crippen LogP contribution < -0.4 is 21.1 Å². The van der Waals surface area contributed by atoms with Gasteiger partial charge in [0.1, 0.15) is 0 Å². The Morgan fingerprint density at radius 3 is 1.70 bits per heavy atom. The van der Waals surface area contributed by atoms with Crippen LogP contribution in [0.2, 0.25) is 0 Å². The molecule has 0 saturated carbocycles. The molecule has 0 fully saturated rings. The molecular weight excluding hydrogens is 326 g/mol. The summed E-state index contributed by atoms with van der Waals surface area (Å²) < 4.78 is 31.6. The first-order chi connectivity index (χ1) is 10.7. The van der Waals surface area contributed by atoms with Gasteiger partial charge in [-0.3, -0.25) is 14.1 Å². The molecule has 0 aliphatic rings. The van der Waals surface area contributed by atoms with Crippen LogP contribution >= 0.6 is 0 Å². The number of nitrogens with one attached hydrogen (secondary N) is 3. The third-order valence-corrected chi connectivity index (χ3v) is 2.33. The van der Waals surface area contributed by atoms with Crippen molar-refractivity contribution in [2.45, 2.75) is 26.7 Å². The number of anilines is 3. The minimum Gasteiger partial charge on any atom is -0.354 e. The summed E-state index contributed by atoms with van der Waals surface area (Å²) >= 11 is 0. The third-order valence-electron chi connectivity index (χ3n) is 2.33. The predicted octanol–water partition coefficient (Wildman–Crippen LogP) is 0.433. The Kier molecular flexibility index (Phi) is 10.0. The first-order valence-electron chi connectivity index (χ1n) is 7.06. The molecule has 1 rings (SSSR count). The van der Waals surface area contributed by atoms with Crippen LogP contribution in [0.1, 0.15) is 26.7 Å². The molecule has 0 aliphatic carbocycles. The molecule has 0 aliphatic heterocycles. The Bertz CT molecular complexity index is 521. The van der Waals surface area contributed by atoms with Crippen molar-refractivity contribution in [2.24, 2.45) is 0 Å². The number of rotatable bonds is 8. The van der Waals surface area contributed by atoms with E-state index in [1.165, 1.54) is 0 Å². The van der Waals surface area contributed by atoms with Crippen molar-refractivity contribution in [2.75, 3.05) is 42.8 Å². The van der Waals surface area contributed by atoms with E-state index in [1.54, 1.807) is 5.01 Å². The highest BCUT2D eigenvalue weighted by molar-refractivity contribution is 7.79. The molecule has 1 aromatic rings. The largest absolute Gasteiger partial charge is 0.394 e. The van der Waals surface area contributed by atoms with Crippen LogP contribution in [-0.2, 0) is 10.4 Å². The van der Waals surface area contributed by atoms with Crippen LogP contribution in [0, 0.1) is 0 Å². The van der Waals surface area contributed by atoms with Crippen molar-refractivity contribution < 1.29 is 17.5 Å². The summed E-state index contributed by atoms with van der Waals surface area (Å²) in [5.41, 5.74) is 2.97. The van der Waals surface area contributed by atoms with Crippen molar-refractivity contribution >= 4 is 28.2 Å². The van der Waals surface area contributed by atoms with Crippen LogP contribution in [0.3, 0.4) is 0 Å². The molecule has 23 heavy (non-hydrogen) atoms. The molecule has 134 valence electrons. The topological polar surface area (TPSA) is 153 Å². The number of hydrogen-bond donors (Lipinski definition) is 5. The van der Waals surface area contributed by atoms with Crippen LogP contribution in [0.5, 0.6) is 0 Å². The highest BCUT2D eigenvalue weighted by Gasteiger charge is 2.08. The first-order valence-corrected chi connectivity index (χ1v) is 8.45. The molecule has 0 radical (unpaired) electrons. The Labute approximate surface area is 136 Å². The highest BCUT2D eigenvalue weighted by atomic mass is 32.3.